The van der Waals surface area contributed by atoms with Crippen molar-refractivity contribution in [3.63, 3.8) is 0 Å². The van der Waals surface area contributed by atoms with Crippen LogP contribution < -0.4 is 30.2 Å². The topological polar surface area (TPSA) is 319 Å². The van der Waals surface area contributed by atoms with Crippen LogP contribution >= 0.6 is 12.4 Å². The van der Waals surface area contributed by atoms with Crippen molar-refractivity contribution in [2.75, 3.05) is 55.9 Å². The first kappa shape index (κ1) is 109. The van der Waals surface area contributed by atoms with Crippen molar-refractivity contribution in [3.05, 3.63) is 387 Å². The van der Waals surface area contributed by atoms with Gasteiger partial charge >= 0.3 is 17.9 Å². The Morgan fingerprint density at radius 1 is 0.372 bits per heavy atom. The number of carboxylic acid groups (broad SMARTS) is 1. The molecule has 6 aromatic heterocycles. The van der Waals surface area contributed by atoms with Crippen LogP contribution in [-0.2, 0) is 46.9 Å². The summed E-state index contributed by atoms with van der Waals surface area (Å²) in [6.07, 6.45) is 0. The average molecular weight is 1980 g/mol. The number of rotatable bonds is 27. The second-order valence-corrected chi connectivity index (χ2v) is 35.7. The van der Waals surface area contributed by atoms with Gasteiger partial charge in [-0.2, -0.15) is 0 Å². The Kier molecular flexibility index (Phi) is 39.4. The number of carbonyl (C=O) groups excluding carboxylic acids is 3. The van der Waals surface area contributed by atoms with Crippen molar-refractivity contribution in [1.29, 1.82) is 5.41 Å². The number of ether oxygens (including phenoxy) is 7. The summed E-state index contributed by atoms with van der Waals surface area (Å²) in [5.41, 5.74) is 22.9. The zero-order valence-electron chi connectivity index (χ0n) is 85.6. The van der Waals surface area contributed by atoms with Crippen LogP contribution in [0.5, 0.6) is 28.7 Å². The number of aromatic nitrogens is 7. The molecule has 25 nitrogen and oxygen atoms in total. The normalized spacial score (nSPS) is 10.8. The molecule has 0 fully saturated rings. The number of hydrogen-bond donors (Lipinski definition) is 6. The zero-order valence-corrected chi connectivity index (χ0v) is 86.4. The van der Waals surface area contributed by atoms with Gasteiger partial charge in [-0.1, -0.05) is 257 Å². The highest BCUT2D eigenvalue weighted by atomic mass is 35.5. The minimum atomic E-state index is -0.899. The second kappa shape index (κ2) is 52.2. The fraction of sp³-hybridized carbons (Fsp3) is 0.252. The summed E-state index contributed by atoms with van der Waals surface area (Å²) in [4.78, 5) is 49.4. The van der Waals surface area contributed by atoms with Gasteiger partial charge in [0.2, 0.25) is 11.8 Å². The summed E-state index contributed by atoms with van der Waals surface area (Å²) < 4.78 is 53.8. The first-order chi connectivity index (χ1) is 69.6. The first-order valence-electron chi connectivity index (χ1n) is 48.1. The van der Waals surface area contributed by atoms with Crippen LogP contribution in [0.15, 0.2) is 308 Å². The molecular weight excluding hydrogens is 1840 g/mol. The highest BCUT2D eigenvalue weighted by Crippen LogP contribution is 2.44. The van der Waals surface area contributed by atoms with E-state index in [1.807, 2.05) is 227 Å². The van der Waals surface area contributed by atoms with Crippen molar-refractivity contribution < 1.29 is 72.1 Å². The number of benzene rings is 12. The number of nitrogen functional groups attached to an aromatic ring is 1. The van der Waals surface area contributed by atoms with Crippen LogP contribution in [-0.4, -0.2) is 134 Å². The number of phenolic OH excluding ortho intramolecular Hbond substituents is 1. The minimum absolute atomic E-state index is 0. The molecule has 18 rings (SSSR count). The summed E-state index contributed by atoms with van der Waals surface area (Å²) in [6, 6.07) is 99.0. The second-order valence-electron chi connectivity index (χ2n) is 35.7. The van der Waals surface area contributed by atoms with E-state index in [4.69, 9.17) is 53.9 Å². The van der Waals surface area contributed by atoms with Crippen molar-refractivity contribution >= 4 is 96.6 Å². The van der Waals surface area contributed by atoms with E-state index in [1.54, 1.807) is 47.5 Å². The minimum Gasteiger partial charge on any atom is -0.508 e. The van der Waals surface area contributed by atoms with E-state index in [1.165, 1.54) is 36.6 Å². The molecule has 0 saturated heterocycles. The predicted octanol–water partition coefficient (Wildman–Crippen LogP) is 25.9. The van der Waals surface area contributed by atoms with Gasteiger partial charge in [-0.05, 0) is 187 Å². The van der Waals surface area contributed by atoms with E-state index in [-0.39, 0.29) is 78.1 Å². The number of phenols is 1. The number of nitrogens with one attached hydrogen (secondary N) is 2. The van der Waals surface area contributed by atoms with Crippen LogP contribution in [0.2, 0.25) is 0 Å². The molecule has 1 amide bonds. The van der Waals surface area contributed by atoms with Crippen LogP contribution in [0.1, 0.15) is 216 Å². The molecule has 0 aliphatic heterocycles. The number of carboxylic acids is 1. The SMILES string of the molecule is CCO.CCOC(=N)c1ccccc1.COC(=O)c1c(C(C)C)n(Cc2ccccc2)c2ccc(O)cc12.COC(=O)c1c(C(C)C)n(Cc2ccccc2)c2ccc(OC)cc12.COc1ccc2c(c1)c(-c1nnc(-c3ccccc3)o1)c(C(C)C)n2Cc1ccccc1.COc1ccc2c(c1)c(C(=O)NN)c(C(C)C)n2Cc1ccccc1.COc1ccc2c(c1)c(C(=O)O)c(C(C)C)n2Cc1ccccc1.Cl. The number of aliphatic hydroxyl groups is 1. The van der Waals surface area contributed by atoms with Crippen LogP contribution in [0.4, 0.5) is 0 Å². The third-order valence-electron chi connectivity index (χ3n) is 24.3. The molecule has 0 spiro atoms. The number of halogens is 1. The number of nitrogens with two attached hydrogens (primary N) is 1. The smallest absolute Gasteiger partial charge is 0.340 e. The summed E-state index contributed by atoms with van der Waals surface area (Å²) in [7, 11) is 9.33. The Morgan fingerprint density at radius 3 is 0.966 bits per heavy atom. The van der Waals surface area contributed by atoms with Gasteiger partial charge in [-0.15, -0.1) is 22.6 Å². The van der Waals surface area contributed by atoms with Gasteiger partial charge in [0, 0.05) is 133 Å². The predicted molar refractivity (Wildman–Crippen MR) is 581 cm³/mol. The molecular formula is C119H131ClN10O15. The van der Waals surface area contributed by atoms with Crippen LogP contribution in [0, 0.1) is 5.41 Å². The van der Waals surface area contributed by atoms with E-state index in [0.29, 0.717) is 78.3 Å². The van der Waals surface area contributed by atoms with Gasteiger partial charge in [0.25, 0.3) is 11.8 Å². The lowest BCUT2D eigenvalue weighted by Crippen LogP contribution is -2.31. The molecule has 0 aliphatic rings. The molecule has 18 aromatic rings. The van der Waals surface area contributed by atoms with Gasteiger partial charge in [0.1, 0.15) is 28.7 Å². The summed E-state index contributed by atoms with van der Waals surface area (Å²) >= 11 is 0. The van der Waals surface area contributed by atoms with Gasteiger partial charge in [-0.25, -0.2) is 20.2 Å². The number of aliphatic hydroxyl groups excluding tert-OH is 1. The molecule has 12 aromatic carbocycles. The van der Waals surface area contributed by atoms with Crippen molar-refractivity contribution in [1.82, 2.24) is 38.5 Å². The molecule has 0 unspecified atom stereocenters. The van der Waals surface area contributed by atoms with E-state index >= 15 is 0 Å². The lowest BCUT2D eigenvalue weighted by molar-refractivity contribution is 0.0592. The molecule has 0 bridgehead atoms. The molecule has 26 heteroatoms. The number of hydrogen-bond acceptors (Lipinski definition) is 18. The number of fused-ring (bicyclic) bond motifs is 5. The molecule has 0 aliphatic carbocycles. The third-order valence-corrected chi connectivity index (χ3v) is 24.3. The molecule has 754 valence electrons. The Labute approximate surface area is 853 Å². The quantitative estimate of drug-likeness (QED) is 0.00696. The number of amides is 1. The third kappa shape index (κ3) is 26.1. The monoisotopic (exact) mass is 1970 g/mol. The standard InChI is InChI=1S/C27H25N3O2.C21H23NO3.C20H23N3O2.2C20H21NO3.C9H11NO.C2H6O.ClH/c1-18(2)25-24(27-29-28-26(32-27)20-12-8-5-9-13-20)22-16-21(31-3)14-15-23(22)30(25)17-19-10-6-4-7-11-19;1-14(2)20-19(21(23)25-4)17-12-16(24-3)10-11-18(17)22(20)13-15-8-6-5-7-9-15;1-13(2)19-18(20(24)22-21)16-11-15(25-3)9-10-17(16)23(19)12-14-7-5-4-6-8-14;1-13(2)19-18(20(22)23)16-11-15(24-3)9-10-17(16)21(19)12-14-7-5-4-6-8-14;1-13(2)19-18(20(23)24-3)16-11-15(22)9-10-17(16)21(19)12-14-7-5-4-6-8-14;1-2-11-9(10)8-6-4-3-5-7-8;1-2-3;/h4-16,18H,17H2,1-3H3;5-12,14H,13H2,1-4H3;4-11,13H,12,21H2,1-3H3,(H,22,24);4-11,13H,12H2,1-3H3,(H,22,23);4-11,13,22H,12H2,1-3H3;3-7,10H,2H2,1H3;3H,2H2,1H3;1H. The molecule has 145 heavy (non-hydrogen) atoms. The summed E-state index contributed by atoms with van der Waals surface area (Å²) in [6.45, 7) is 28.7. The molecule has 6 heterocycles. The van der Waals surface area contributed by atoms with E-state index in [2.05, 4.69) is 179 Å². The van der Waals surface area contributed by atoms with E-state index in [0.717, 1.165) is 123 Å². The maximum Gasteiger partial charge on any atom is 0.340 e. The fourth-order valence-electron chi connectivity index (χ4n) is 18.2. The van der Waals surface area contributed by atoms with E-state index in [9.17, 15) is 29.4 Å². The maximum atomic E-state index is 12.5. The number of esters is 2. The number of aromatic hydroxyl groups is 1. The number of aromatic carboxylic acids is 1. The first-order valence-corrected chi connectivity index (χ1v) is 48.1. The van der Waals surface area contributed by atoms with Gasteiger partial charge in [0.05, 0.1) is 77.1 Å². The van der Waals surface area contributed by atoms with Crippen molar-refractivity contribution in [3.8, 4) is 51.7 Å². The Bertz CT molecular complexity index is 7190. The van der Waals surface area contributed by atoms with Crippen molar-refractivity contribution in [2.24, 2.45) is 5.84 Å². The van der Waals surface area contributed by atoms with Crippen LogP contribution in [0.3, 0.4) is 0 Å². The van der Waals surface area contributed by atoms with Crippen molar-refractivity contribution in [2.45, 2.75) is 145 Å². The highest BCUT2D eigenvalue weighted by Gasteiger charge is 2.32. The fourth-order valence-corrected chi connectivity index (χ4v) is 18.2. The lowest BCUT2D eigenvalue weighted by atomic mass is 10.0. The lowest BCUT2D eigenvalue weighted by Gasteiger charge is -2.15. The molecule has 7 N–H and O–H groups in total. The van der Waals surface area contributed by atoms with Gasteiger partial charge in [0.15, 0.2) is 0 Å². The van der Waals surface area contributed by atoms with Crippen LogP contribution in [0.25, 0.3) is 77.4 Å². The maximum absolute atomic E-state index is 12.5. The molecule has 0 atom stereocenters. The largest absolute Gasteiger partial charge is 0.508 e. The summed E-state index contributed by atoms with van der Waals surface area (Å²) in [5, 5.41) is 47.7. The van der Waals surface area contributed by atoms with Gasteiger partial charge < -0.3 is 75.7 Å². The van der Waals surface area contributed by atoms with Gasteiger partial charge in [-0.3, -0.25) is 15.6 Å². The zero-order chi connectivity index (χ0) is 103. The summed E-state index contributed by atoms with van der Waals surface area (Å²) in [5.74, 6) is 8.74. The Hall–Kier alpha value is -16.0. The number of nitrogens with zero attached hydrogens (tertiary/aromatic N) is 7. The number of carbonyl (C=O) groups is 4. The van der Waals surface area contributed by atoms with E-state index < -0.39 is 5.97 Å². The molecule has 0 saturated carbocycles. The highest BCUT2D eigenvalue weighted by molar-refractivity contribution is 6.10. The average Bonchev–Trinajstić information content (AvgIpc) is 1.63. The number of methoxy groups -OCH3 is 6. The Balaban J connectivity index is 0.000000167. The molecule has 0 radical (unpaired) electrons. The number of hydrazine groups is 1. The Morgan fingerprint density at radius 2 is 0.648 bits per heavy atom.